The van der Waals surface area contributed by atoms with Gasteiger partial charge in [0.05, 0.1) is 23.7 Å². The van der Waals surface area contributed by atoms with E-state index >= 15 is 0 Å². The van der Waals surface area contributed by atoms with E-state index in [1.54, 1.807) is 16.9 Å². The zero-order valence-corrected chi connectivity index (χ0v) is 13.7. The maximum atomic E-state index is 14.2. The molecule has 0 spiro atoms. The van der Waals surface area contributed by atoms with Crippen molar-refractivity contribution < 1.29 is 9.13 Å². The highest BCUT2D eigenvalue weighted by atomic mass is 19.1. The highest BCUT2D eigenvalue weighted by Gasteiger charge is 2.25. The summed E-state index contributed by atoms with van der Waals surface area (Å²) in [4.78, 5) is 6.64. The van der Waals surface area contributed by atoms with Crippen molar-refractivity contribution in [3.63, 3.8) is 0 Å². The molecule has 0 saturated heterocycles. The topological polar surface area (TPSA) is 42.7 Å². The van der Waals surface area contributed by atoms with Crippen LogP contribution in [0.2, 0.25) is 0 Å². The van der Waals surface area contributed by atoms with Crippen molar-refractivity contribution in [1.82, 2.24) is 9.78 Å². The molecule has 1 aliphatic heterocycles. The van der Waals surface area contributed by atoms with E-state index in [1.807, 2.05) is 37.3 Å². The number of aromatic nitrogens is 2. The lowest BCUT2D eigenvalue weighted by Gasteiger charge is -2.23. The van der Waals surface area contributed by atoms with Gasteiger partial charge in [-0.2, -0.15) is 5.10 Å². The van der Waals surface area contributed by atoms with Gasteiger partial charge in [0.15, 0.2) is 11.6 Å². The smallest absolute Gasteiger partial charge is 0.165 e. The Morgan fingerprint density at radius 2 is 2.12 bits per heavy atom. The third kappa shape index (κ3) is 2.91. The molecule has 6 heteroatoms. The van der Waals surface area contributed by atoms with Crippen LogP contribution in [0.1, 0.15) is 25.3 Å². The normalized spacial score (nSPS) is 17.5. The molecule has 5 nitrogen and oxygen atoms in total. The third-order valence-corrected chi connectivity index (χ3v) is 4.15. The molecule has 1 saturated carbocycles. The summed E-state index contributed by atoms with van der Waals surface area (Å²) in [7, 11) is 1.88. The van der Waals surface area contributed by atoms with Gasteiger partial charge < -0.3 is 9.64 Å². The molecule has 4 rings (SSSR count). The molecule has 24 heavy (non-hydrogen) atoms. The molecule has 0 radical (unpaired) electrons. The molecule has 1 aromatic carbocycles. The number of rotatable bonds is 4. The van der Waals surface area contributed by atoms with Crippen LogP contribution in [-0.4, -0.2) is 28.3 Å². The molecule has 2 aromatic rings. The van der Waals surface area contributed by atoms with Gasteiger partial charge >= 0.3 is 0 Å². The van der Waals surface area contributed by atoms with Crippen LogP contribution in [0, 0.1) is 5.82 Å². The number of ether oxygens (including phenoxy) is 1. The minimum Gasteiger partial charge on any atom is -0.487 e. The number of halogens is 1. The van der Waals surface area contributed by atoms with Crippen molar-refractivity contribution in [1.29, 1.82) is 0 Å². The number of anilines is 1. The number of nitrogens with zero attached hydrogens (tertiary/aromatic N) is 4. The standard InChI is InChI=1S/C18H19FN4O/c1-12-9-23(14-8-21-22(2)10-14)11-20-18(12)13-3-6-17(16(19)7-13)24-15-4-5-15/h3,6-10,15H,4-5,11H2,1-2H3. The fourth-order valence-electron chi connectivity index (χ4n) is 2.75. The zero-order valence-electron chi connectivity index (χ0n) is 13.7. The summed E-state index contributed by atoms with van der Waals surface area (Å²) in [5.74, 6) is 0.000803. The van der Waals surface area contributed by atoms with Crippen LogP contribution in [0.5, 0.6) is 5.75 Å². The van der Waals surface area contributed by atoms with Crippen LogP contribution < -0.4 is 9.64 Å². The molecule has 1 fully saturated rings. The number of hydrogen-bond acceptors (Lipinski definition) is 4. The van der Waals surface area contributed by atoms with Crippen molar-refractivity contribution in [2.75, 3.05) is 11.6 Å². The molecule has 0 amide bonds. The van der Waals surface area contributed by atoms with E-state index in [1.165, 1.54) is 6.07 Å². The zero-order chi connectivity index (χ0) is 16.7. The van der Waals surface area contributed by atoms with Gasteiger partial charge in [0.2, 0.25) is 0 Å². The molecular weight excluding hydrogens is 307 g/mol. The summed E-state index contributed by atoms with van der Waals surface area (Å²) >= 11 is 0. The number of benzene rings is 1. The Balaban J connectivity index is 1.55. The van der Waals surface area contributed by atoms with E-state index in [9.17, 15) is 4.39 Å². The van der Waals surface area contributed by atoms with Gasteiger partial charge in [0, 0.05) is 25.0 Å². The van der Waals surface area contributed by atoms with E-state index in [0.29, 0.717) is 12.4 Å². The van der Waals surface area contributed by atoms with Crippen LogP contribution >= 0.6 is 0 Å². The molecular formula is C18H19FN4O. The molecule has 124 valence electrons. The molecule has 0 N–H and O–H groups in total. The second kappa shape index (κ2) is 5.78. The number of allylic oxidation sites excluding steroid dienone is 1. The average Bonchev–Trinajstić information content (AvgIpc) is 3.27. The highest BCUT2D eigenvalue weighted by Crippen LogP contribution is 2.30. The fourth-order valence-corrected chi connectivity index (χ4v) is 2.75. The molecule has 0 atom stereocenters. The summed E-state index contributed by atoms with van der Waals surface area (Å²) < 4.78 is 21.6. The Bertz CT molecular complexity index is 835. The van der Waals surface area contributed by atoms with Gasteiger partial charge in [0.25, 0.3) is 0 Å². The first-order valence-electron chi connectivity index (χ1n) is 8.05. The Kier molecular flexibility index (Phi) is 3.59. The van der Waals surface area contributed by atoms with Crippen molar-refractivity contribution in [2.45, 2.75) is 25.9 Å². The number of hydrogen-bond donors (Lipinski definition) is 0. The van der Waals surface area contributed by atoms with Crippen LogP contribution in [0.3, 0.4) is 0 Å². The summed E-state index contributed by atoms with van der Waals surface area (Å²) in [6.45, 7) is 2.47. The lowest BCUT2D eigenvalue weighted by Crippen LogP contribution is -2.24. The van der Waals surface area contributed by atoms with Crippen molar-refractivity contribution in [3.05, 3.63) is 53.7 Å². The second-order valence-corrected chi connectivity index (χ2v) is 6.26. The minimum atomic E-state index is -0.329. The van der Waals surface area contributed by atoms with Gasteiger partial charge in [-0.15, -0.1) is 0 Å². The van der Waals surface area contributed by atoms with Crippen molar-refractivity contribution in [3.8, 4) is 5.75 Å². The lowest BCUT2D eigenvalue weighted by atomic mass is 10.0. The van der Waals surface area contributed by atoms with Crippen molar-refractivity contribution >= 4 is 11.4 Å². The summed E-state index contributed by atoms with van der Waals surface area (Å²) in [5.41, 5.74) is 3.56. The maximum Gasteiger partial charge on any atom is 0.165 e. The first-order valence-corrected chi connectivity index (χ1v) is 8.05. The summed E-state index contributed by atoms with van der Waals surface area (Å²) in [6.07, 6.45) is 7.97. The highest BCUT2D eigenvalue weighted by molar-refractivity contribution is 6.13. The Labute approximate surface area is 140 Å². The summed E-state index contributed by atoms with van der Waals surface area (Å²) in [5, 5.41) is 4.18. The third-order valence-electron chi connectivity index (χ3n) is 4.15. The van der Waals surface area contributed by atoms with Crippen LogP contribution in [0.25, 0.3) is 0 Å². The Hall–Kier alpha value is -2.63. The van der Waals surface area contributed by atoms with Crippen LogP contribution in [-0.2, 0) is 7.05 Å². The monoisotopic (exact) mass is 326 g/mol. The first kappa shape index (κ1) is 14.9. The molecule has 1 aliphatic carbocycles. The fraction of sp³-hybridized carbons (Fsp3) is 0.333. The number of aliphatic imine (C=N–C) groups is 1. The average molecular weight is 326 g/mol. The van der Waals surface area contributed by atoms with E-state index < -0.39 is 0 Å². The van der Waals surface area contributed by atoms with Crippen LogP contribution in [0.4, 0.5) is 10.1 Å². The largest absolute Gasteiger partial charge is 0.487 e. The number of aryl methyl sites for hydroxylation is 1. The molecule has 2 aliphatic rings. The second-order valence-electron chi connectivity index (χ2n) is 6.26. The predicted octanol–water partition coefficient (Wildman–Crippen LogP) is 3.27. The summed E-state index contributed by atoms with van der Waals surface area (Å²) in [6, 6.07) is 5.08. The van der Waals surface area contributed by atoms with E-state index in [4.69, 9.17) is 4.74 Å². The predicted molar refractivity (Wildman–Crippen MR) is 90.9 cm³/mol. The molecule has 0 unspecified atom stereocenters. The maximum absolute atomic E-state index is 14.2. The van der Waals surface area contributed by atoms with E-state index in [-0.39, 0.29) is 11.9 Å². The Morgan fingerprint density at radius 3 is 2.75 bits per heavy atom. The SMILES string of the molecule is CC1=CN(c2cnn(C)c2)CN=C1c1ccc(OC2CC2)c(F)c1. The van der Waals surface area contributed by atoms with Crippen molar-refractivity contribution in [2.24, 2.45) is 12.0 Å². The van der Waals surface area contributed by atoms with E-state index in [0.717, 1.165) is 35.4 Å². The molecule has 0 bridgehead atoms. The van der Waals surface area contributed by atoms with Crippen LogP contribution in [0.15, 0.2) is 47.4 Å². The quantitative estimate of drug-likeness (QED) is 0.866. The Morgan fingerprint density at radius 1 is 1.29 bits per heavy atom. The molecule has 2 heterocycles. The van der Waals surface area contributed by atoms with Gasteiger partial charge in [-0.25, -0.2) is 4.39 Å². The van der Waals surface area contributed by atoms with Gasteiger partial charge in [-0.3, -0.25) is 9.67 Å². The van der Waals surface area contributed by atoms with Gasteiger partial charge in [-0.1, -0.05) is 0 Å². The van der Waals surface area contributed by atoms with Gasteiger partial charge in [-0.05, 0) is 43.5 Å². The first-order chi connectivity index (χ1) is 11.6. The molecule has 1 aromatic heterocycles. The van der Waals surface area contributed by atoms with E-state index in [2.05, 4.69) is 10.1 Å². The minimum absolute atomic E-state index is 0.187. The van der Waals surface area contributed by atoms with Gasteiger partial charge in [0.1, 0.15) is 6.67 Å². The lowest BCUT2D eigenvalue weighted by molar-refractivity contribution is 0.287.